The molecular formula is C18H16ClN3OS. The monoisotopic (exact) mass is 357 g/mol. The van der Waals surface area contributed by atoms with Gasteiger partial charge in [0.25, 0.3) is 0 Å². The maximum atomic E-state index is 8.70. The van der Waals surface area contributed by atoms with Gasteiger partial charge < -0.3 is 10.5 Å². The van der Waals surface area contributed by atoms with Crippen LogP contribution in [-0.2, 0) is 0 Å². The van der Waals surface area contributed by atoms with Gasteiger partial charge in [0.15, 0.2) is 0 Å². The molecule has 0 amide bonds. The van der Waals surface area contributed by atoms with E-state index in [2.05, 4.69) is 4.98 Å². The molecule has 24 heavy (non-hydrogen) atoms. The van der Waals surface area contributed by atoms with Crippen molar-refractivity contribution in [2.75, 3.05) is 12.3 Å². The lowest BCUT2D eigenvalue weighted by Gasteiger charge is -2.15. The van der Waals surface area contributed by atoms with Gasteiger partial charge in [0.05, 0.1) is 22.2 Å². The third kappa shape index (κ3) is 3.13. The Morgan fingerprint density at radius 2 is 2.04 bits per heavy atom. The molecular weight excluding hydrogens is 342 g/mol. The Kier molecular flexibility index (Phi) is 4.83. The van der Waals surface area contributed by atoms with Crippen molar-refractivity contribution >= 4 is 34.5 Å². The second-order valence-electron chi connectivity index (χ2n) is 5.03. The molecule has 3 rings (SSSR count). The Morgan fingerprint density at radius 3 is 2.75 bits per heavy atom. The van der Waals surface area contributed by atoms with E-state index < -0.39 is 0 Å². The molecule has 0 aliphatic carbocycles. The quantitative estimate of drug-likeness (QED) is 0.640. The van der Waals surface area contributed by atoms with E-state index in [-0.39, 0.29) is 5.71 Å². The second kappa shape index (κ2) is 7.03. The van der Waals surface area contributed by atoms with Crippen LogP contribution in [0.5, 0.6) is 5.75 Å². The van der Waals surface area contributed by atoms with Crippen LogP contribution in [0.1, 0.15) is 18.1 Å². The number of anilines is 1. The van der Waals surface area contributed by atoms with Gasteiger partial charge in [-0.05, 0) is 37.3 Å². The maximum absolute atomic E-state index is 8.70. The summed E-state index contributed by atoms with van der Waals surface area (Å²) in [5.41, 5.74) is 8.50. The van der Waals surface area contributed by atoms with E-state index in [1.807, 2.05) is 49.4 Å². The Hall–Kier alpha value is -2.37. The van der Waals surface area contributed by atoms with Crippen molar-refractivity contribution in [2.45, 2.75) is 6.92 Å². The summed E-state index contributed by atoms with van der Waals surface area (Å²) < 4.78 is 6.34. The molecule has 0 bridgehead atoms. The Morgan fingerprint density at radius 1 is 1.25 bits per heavy atom. The number of ether oxygens (including phenoxy) is 1. The summed E-state index contributed by atoms with van der Waals surface area (Å²) >= 11 is 7.51. The Balaban J connectivity index is 2.14. The number of aromatic nitrogens is 1. The number of pyridine rings is 1. The first-order chi connectivity index (χ1) is 11.6. The van der Waals surface area contributed by atoms with E-state index in [0.29, 0.717) is 33.6 Å². The minimum atomic E-state index is 0.282. The van der Waals surface area contributed by atoms with Crippen LogP contribution in [-0.4, -0.2) is 17.3 Å². The number of nitrogens with one attached hydrogen (secondary N) is 1. The summed E-state index contributed by atoms with van der Waals surface area (Å²) in [6.45, 7) is 2.44. The molecule has 3 N–H and O–H groups in total. The summed E-state index contributed by atoms with van der Waals surface area (Å²) in [7, 11) is 0. The molecule has 0 aliphatic heterocycles. The van der Waals surface area contributed by atoms with Crippen LogP contribution in [0.25, 0.3) is 10.4 Å². The molecule has 0 fully saturated rings. The fraction of sp³-hybridized carbons (Fsp3) is 0.111. The molecule has 122 valence electrons. The first-order valence-corrected chi connectivity index (χ1v) is 8.62. The van der Waals surface area contributed by atoms with Gasteiger partial charge in [0.2, 0.25) is 0 Å². The molecule has 2 heterocycles. The second-order valence-corrected chi connectivity index (χ2v) is 6.74. The molecule has 4 nitrogen and oxygen atoms in total. The van der Waals surface area contributed by atoms with Crippen LogP contribution in [0.4, 0.5) is 5.82 Å². The van der Waals surface area contributed by atoms with Crippen molar-refractivity contribution in [2.24, 2.45) is 0 Å². The summed E-state index contributed by atoms with van der Waals surface area (Å²) in [5.74, 6) is 0.969. The molecule has 0 saturated carbocycles. The van der Waals surface area contributed by atoms with Crippen LogP contribution < -0.4 is 10.5 Å². The van der Waals surface area contributed by atoms with Crippen molar-refractivity contribution in [3.05, 3.63) is 64.1 Å². The highest BCUT2D eigenvalue weighted by molar-refractivity contribution is 7.19. The van der Waals surface area contributed by atoms with Crippen molar-refractivity contribution in [3.8, 4) is 16.2 Å². The van der Waals surface area contributed by atoms with Gasteiger partial charge in [0.1, 0.15) is 11.6 Å². The number of nitrogens with two attached hydrogens (primary N) is 1. The van der Waals surface area contributed by atoms with Gasteiger partial charge in [-0.1, -0.05) is 23.7 Å². The number of nitrogens with zero attached hydrogens (tertiary/aromatic N) is 1. The predicted octanol–water partition coefficient (Wildman–Crippen LogP) is 4.86. The van der Waals surface area contributed by atoms with Crippen molar-refractivity contribution < 1.29 is 4.74 Å². The maximum Gasteiger partial charge on any atom is 0.133 e. The van der Waals surface area contributed by atoms with Crippen LogP contribution in [0.3, 0.4) is 0 Å². The van der Waals surface area contributed by atoms with Crippen LogP contribution >= 0.6 is 22.9 Å². The third-order valence-corrected chi connectivity index (χ3v) is 4.79. The number of hydrogen-bond donors (Lipinski definition) is 2. The number of nitrogen functional groups attached to an aromatic ring is 1. The van der Waals surface area contributed by atoms with E-state index >= 15 is 0 Å². The number of rotatable bonds is 5. The van der Waals surface area contributed by atoms with Gasteiger partial charge in [-0.3, -0.25) is 5.41 Å². The summed E-state index contributed by atoms with van der Waals surface area (Å²) in [6.07, 6.45) is 1.64. The lowest BCUT2D eigenvalue weighted by molar-refractivity contribution is 0.339. The summed E-state index contributed by atoms with van der Waals surface area (Å²) in [4.78, 5) is 5.11. The Labute approximate surface area is 149 Å². The normalized spacial score (nSPS) is 10.6. The van der Waals surface area contributed by atoms with Gasteiger partial charge in [0, 0.05) is 22.2 Å². The topological polar surface area (TPSA) is 72.0 Å². The van der Waals surface area contributed by atoms with Crippen molar-refractivity contribution in [3.63, 3.8) is 0 Å². The highest BCUT2D eigenvalue weighted by Crippen LogP contribution is 2.36. The minimum Gasteiger partial charge on any atom is -0.493 e. The number of para-hydroxylation sites is 1. The van der Waals surface area contributed by atoms with E-state index in [4.69, 9.17) is 27.5 Å². The highest BCUT2D eigenvalue weighted by atomic mass is 35.5. The zero-order chi connectivity index (χ0) is 17.1. The van der Waals surface area contributed by atoms with Gasteiger partial charge in [-0.2, -0.15) is 0 Å². The van der Waals surface area contributed by atoms with E-state index in [1.165, 1.54) is 11.3 Å². The fourth-order valence-electron chi connectivity index (χ4n) is 2.49. The Bertz CT molecular complexity index is 891. The van der Waals surface area contributed by atoms with E-state index in [0.717, 1.165) is 10.4 Å². The zero-order valence-electron chi connectivity index (χ0n) is 13.0. The molecule has 0 aliphatic rings. The standard InChI is InChI=1S/C18H16ClN3OS/c1-2-23-13-6-4-3-5-11(13)17(20)16-12(9-10-22-18(16)21)14-7-8-15(19)24-14/h3-10,20H,2H2,1H3,(H2,21,22). The smallest absolute Gasteiger partial charge is 0.133 e. The summed E-state index contributed by atoms with van der Waals surface area (Å²) in [6, 6.07) is 13.1. The van der Waals surface area contributed by atoms with Crippen LogP contribution in [0.15, 0.2) is 48.7 Å². The molecule has 0 radical (unpaired) electrons. The average molecular weight is 358 g/mol. The highest BCUT2D eigenvalue weighted by Gasteiger charge is 2.19. The number of hydrogen-bond acceptors (Lipinski definition) is 5. The molecule has 6 heteroatoms. The minimum absolute atomic E-state index is 0.282. The molecule has 3 aromatic rings. The lowest BCUT2D eigenvalue weighted by atomic mass is 9.97. The van der Waals surface area contributed by atoms with Gasteiger partial charge in [-0.25, -0.2) is 4.98 Å². The van der Waals surface area contributed by atoms with Gasteiger partial charge >= 0.3 is 0 Å². The molecule has 0 atom stereocenters. The molecule has 0 saturated heterocycles. The largest absolute Gasteiger partial charge is 0.493 e. The molecule has 1 aromatic carbocycles. The zero-order valence-corrected chi connectivity index (χ0v) is 14.6. The number of halogens is 1. The van der Waals surface area contributed by atoms with Crippen LogP contribution in [0, 0.1) is 5.41 Å². The summed E-state index contributed by atoms with van der Waals surface area (Å²) in [5, 5.41) is 8.70. The number of benzene rings is 1. The predicted molar refractivity (Wildman–Crippen MR) is 101 cm³/mol. The molecule has 0 unspecified atom stereocenters. The fourth-order valence-corrected chi connectivity index (χ4v) is 3.57. The SMILES string of the molecule is CCOc1ccccc1C(=N)c1c(-c2ccc(Cl)s2)ccnc1N. The lowest BCUT2D eigenvalue weighted by Crippen LogP contribution is -2.10. The van der Waals surface area contributed by atoms with Crippen molar-refractivity contribution in [1.29, 1.82) is 5.41 Å². The van der Waals surface area contributed by atoms with E-state index in [1.54, 1.807) is 6.20 Å². The number of thiophene rings is 1. The molecule has 0 spiro atoms. The third-order valence-electron chi connectivity index (χ3n) is 3.53. The average Bonchev–Trinajstić information content (AvgIpc) is 3.01. The van der Waals surface area contributed by atoms with Crippen molar-refractivity contribution in [1.82, 2.24) is 4.98 Å². The van der Waals surface area contributed by atoms with Crippen LogP contribution in [0.2, 0.25) is 4.34 Å². The van der Waals surface area contributed by atoms with Gasteiger partial charge in [-0.15, -0.1) is 11.3 Å². The first-order valence-electron chi connectivity index (χ1n) is 7.43. The first kappa shape index (κ1) is 16.5. The van der Waals surface area contributed by atoms with E-state index in [9.17, 15) is 0 Å². The molecule has 2 aromatic heterocycles.